The molecular weight excluding hydrogens is 260 g/mol. The molecule has 3 rings (SSSR count). The third kappa shape index (κ3) is 2.22. The molecule has 0 unspecified atom stereocenters. The van der Waals surface area contributed by atoms with Crippen LogP contribution in [0.3, 0.4) is 0 Å². The summed E-state index contributed by atoms with van der Waals surface area (Å²) >= 11 is 0. The number of benzene rings is 1. The van der Waals surface area contributed by atoms with E-state index in [1.807, 2.05) is 25.1 Å². The Morgan fingerprint density at radius 1 is 1.10 bits per heavy atom. The Kier molecular flexibility index (Phi) is 3.12. The van der Waals surface area contributed by atoms with Crippen LogP contribution in [-0.2, 0) is 13.0 Å². The van der Waals surface area contributed by atoms with E-state index >= 15 is 0 Å². The van der Waals surface area contributed by atoms with E-state index in [0.29, 0.717) is 23.9 Å². The lowest BCUT2D eigenvalue weighted by Gasteiger charge is -1.96. The maximum atomic E-state index is 12.2. The van der Waals surface area contributed by atoms with Gasteiger partial charge in [-0.1, -0.05) is 25.1 Å². The highest BCUT2D eigenvalue weighted by Gasteiger charge is 2.12. The SMILES string of the molecule is CCc1nnc(Cn2nnn(-c3ccccc3)c2=O)o1. The van der Waals surface area contributed by atoms with E-state index in [0.717, 1.165) is 0 Å². The number of hydrogen-bond donors (Lipinski definition) is 0. The molecule has 0 saturated heterocycles. The summed E-state index contributed by atoms with van der Waals surface area (Å²) in [5.74, 6) is 0.868. The van der Waals surface area contributed by atoms with Crippen LogP contribution < -0.4 is 5.69 Å². The quantitative estimate of drug-likeness (QED) is 0.683. The average Bonchev–Trinajstić information content (AvgIpc) is 3.08. The molecule has 8 heteroatoms. The fourth-order valence-corrected chi connectivity index (χ4v) is 1.73. The number of hydrogen-bond acceptors (Lipinski definition) is 6. The van der Waals surface area contributed by atoms with Gasteiger partial charge in [0.25, 0.3) is 0 Å². The highest BCUT2D eigenvalue weighted by atomic mass is 16.4. The molecule has 8 nitrogen and oxygen atoms in total. The van der Waals surface area contributed by atoms with E-state index in [-0.39, 0.29) is 12.2 Å². The van der Waals surface area contributed by atoms with Gasteiger partial charge in [-0.05, 0) is 22.6 Å². The minimum absolute atomic E-state index is 0.110. The van der Waals surface area contributed by atoms with Crippen LogP contribution in [0.25, 0.3) is 5.69 Å². The Hall–Kier alpha value is -2.77. The van der Waals surface area contributed by atoms with E-state index in [1.54, 1.807) is 12.1 Å². The molecule has 2 aromatic heterocycles. The summed E-state index contributed by atoms with van der Waals surface area (Å²) in [4.78, 5) is 12.2. The number of rotatable bonds is 4. The molecule has 0 bridgehead atoms. The minimum atomic E-state index is -0.354. The van der Waals surface area contributed by atoms with Crippen LogP contribution in [0.1, 0.15) is 18.7 Å². The first-order chi connectivity index (χ1) is 9.78. The summed E-state index contributed by atoms with van der Waals surface area (Å²) in [5, 5.41) is 15.3. The summed E-state index contributed by atoms with van der Waals surface area (Å²) < 4.78 is 7.75. The summed E-state index contributed by atoms with van der Waals surface area (Å²) in [6.45, 7) is 2.02. The number of para-hydroxylation sites is 1. The highest BCUT2D eigenvalue weighted by molar-refractivity contribution is 5.28. The normalized spacial score (nSPS) is 10.8. The highest BCUT2D eigenvalue weighted by Crippen LogP contribution is 2.03. The van der Waals surface area contributed by atoms with E-state index in [1.165, 1.54) is 9.36 Å². The molecule has 0 radical (unpaired) electrons. The molecule has 0 aliphatic heterocycles. The fraction of sp³-hybridized carbons (Fsp3) is 0.250. The molecule has 0 spiro atoms. The van der Waals surface area contributed by atoms with Crippen molar-refractivity contribution in [2.75, 3.05) is 0 Å². The third-order valence-corrected chi connectivity index (χ3v) is 2.74. The molecule has 0 aliphatic rings. The molecule has 0 N–H and O–H groups in total. The third-order valence-electron chi connectivity index (χ3n) is 2.74. The van der Waals surface area contributed by atoms with E-state index in [9.17, 15) is 4.79 Å². The van der Waals surface area contributed by atoms with Crippen molar-refractivity contribution in [2.45, 2.75) is 19.9 Å². The van der Waals surface area contributed by atoms with Crippen molar-refractivity contribution < 1.29 is 4.42 Å². The van der Waals surface area contributed by atoms with E-state index < -0.39 is 0 Å². The van der Waals surface area contributed by atoms with Gasteiger partial charge in [-0.15, -0.1) is 10.2 Å². The van der Waals surface area contributed by atoms with Crippen LogP contribution in [0.4, 0.5) is 0 Å². The zero-order valence-corrected chi connectivity index (χ0v) is 10.8. The van der Waals surface area contributed by atoms with Crippen LogP contribution in [0.2, 0.25) is 0 Å². The molecule has 3 aromatic rings. The largest absolute Gasteiger partial charge is 0.423 e. The molecule has 0 amide bonds. The molecule has 0 aliphatic carbocycles. The molecule has 0 saturated carbocycles. The second-order valence-corrected chi connectivity index (χ2v) is 4.11. The Bertz CT molecular complexity index is 758. The van der Waals surface area contributed by atoms with Crippen molar-refractivity contribution in [3.63, 3.8) is 0 Å². The summed E-state index contributed by atoms with van der Waals surface area (Å²) in [5.41, 5.74) is 0.302. The monoisotopic (exact) mass is 272 g/mol. The lowest BCUT2D eigenvalue weighted by molar-refractivity contribution is 0.427. The second kappa shape index (κ2) is 5.08. The average molecular weight is 272 g/mol. The van der Waals surface area contributed by atoms with Crippen molar-refractivity contribution >= 4 is 0 Å². The van der Waals surface area contributed by atoms with Gasteiger partial charge < -0.3 is 4.42 Å². The first kappa shape index (κ1) is 12.3. The first-order valence-electron chi connectivity index (χ1n) is 6.17. The number of aromatic nitrogens is 6. The van der Waals surface area contributed by atoms with Gasteiger partial charge >= 0.3 is 5.69 Å². The van der Waals surface area contributed by atoms with Gasteiger partial charge in [0.05, 0.1) is 5.69 Å². The van der Waals surface area contributed by atoms with Gasteiger partial charge in [-0.3, -0.25) is 0 Å². The van der Waals surface area contributed by atoms with Crippen LogP contribution in [-0.4, -0.2) is 30.0 Å². The van der Waals surface area contributed by atoms with Gasteiger partial charge in [0.1, 0.15) is 6.54 Å². The Labute approximate surface area is 113 Å². The van der Waals surface area contributed by atoms with E-state index in [4.69, 9.17) is 4.42 Å². The lowest BCUT2D eigenvalue weighted by atomic mass is 10.3. The Morgan fingerprint density at radius 2 is 1.85 bits per heavy atom. The van der Waals surface area contributed by atoms with Gasteiger partial charge in [0, 0.05) is 6.42 Å². The maximum absolute atomic E-state index is 12.2. The standard InChI is InChI=1S/C12H12N6O2/c1-2-10-13-14-11(20-10)8-17-12(19)18(16-15-17)9-6-4-3-5-7-9/h3-7H,2,8H2,1H3. The van der Waals surface area contributed by atoms with Crippen LogP contribution >= 0.6 is 0 Å². The van der Waals surface area contributed by atoms with E-state index in [2.05, 4.69) is 20.6 Å². The summed E-state index contributed by atoms with van der Waals surface area (Å²) in [7, 11) is 0. The molecular formula is C12H12N6O2. The molecule has 102 valence electrons. The summed E-state index contributed by atoms with van der Waals surface area (Å²) in [6, 6.07) is 9.08. The zero-order valence-electron chi connectivity index (χ0n) is 10.8. The topological polar surface area (TPSA) is 91.6 Å². The summed E-state index contributed by atoms with van der Waals surface area (Å²) in [6.07, 6.45) is 0.651. The van der Waals surface area contributed by atoms with Gasteiger partial charge in [-0.2, -0.15) is 9.36 Å². The first-order valence-corrected chi connectivity index (χ1v) is 6.17. The second-order valence-electron chi connectivity index (χ2n) is 4.11. The van der Waals surface area contributed by atoms with Crippen LogP contribution in [0, 0.1) is 0 Å². The van der Waals surface area contributed by atoms with Crippen molar-refractivity contribution in [1.29, 1.82) is 0 Å². The zero-order chi connectivity index (χ0) is 13.9. The lowest BCUT2D eigenvalue weighted by Crippen LogP contribution is -2.24. The van der Waals surface area contributed by atoms with Crippen molar-refractivity contribution in [2.24, 2.45) is 0 Å². The predicted octanol–water partition coefficient (Wildman–Crippen LogP) is 0.423. The Balaban J connectivity index is 1.89. The minimum Gasteiger partial charge on any atom is -0.423 e. The Morgan fingerprint density at radius 3 is 2.55 bits per heavy atom. The van der Waals surface area contributed by atoms with Crippen molar-refractivity contribution in [3.8, 4) is 5.69 Å². The fourth-order valence-electron chi connectivity index (χ4n) is 1.73. The van der Waals surface area contributed by atoms with Gasteiger partial charge in [0.15, 0.2) is 0 Å². The van der Waals surface area contributed by atoms with Crippen LogP contribution in [0.5, 0.6) is 0 Å². The van der Waals surface area contributed by atoms with Crippen molar-refractivity contribution in [3.05, 3.63) is 52.6 Å². The number of nitrogens with zero attached hydrogens (tertiary/aromatic N) is 6. The smallest absolute Gasteiger partial charge is 0.368 e. The molecule has 0 atom stereocenters. The molecule has 0 fully saturated rings. The number of tetrazole rings is 1. The van der Waals surface area contributed by atoms with Crippen LogP contribution in [0.15, 0.2) is 39.5 Å². The van der Waals surface area contributed by atoms with Gasteiger partial charge in [-0.25, -0.2) is 4.79 Å². The molecule has 1 aromatic carbocycles. The molecule has 2 heterocycles. The van der Waals surface area contributed by atoms with Crippen molar-refractivity contribution in [1.82, 2.24) is 30.0 Å². The van der Waals surface area contributed by atoms with Gasteiger partial charge in [0.2, 0.25) is 11.8 Å². The maximum Gasteiger partial charge on any atom is 0.368 e. The molecule has 20 heavy (non-hydrogen) atoms. The number of aryl methyl sites for hydroxylation is 1. The predicted molar refractivity (Wildman–Crippen MR) is 68.4 cm³/mol.